The number of pyridine rings is 1. The van der Waals surface area contributed by atoms with E-state index in [1.807, 2.05) is 48.5 Å². The van der Waals surface area contributed by atoms with Crippen molar-refractivity contribution in [3.63, 3.8) is 0 Å². The molecule has 1 saturated carbocycles. The minimum Gasteiger partial charge on any atom is -0.487 e. The quantitative estimate of drug-likeness (QED) is 0.271. The van der Waals surface area contributed by atoms with Gasteiger partial charge < -0.3 is 15.8 Å². The molecule has 1 fully saturated rings. The van der Waals surface area contributed by atoms with Crippen molar-refractivity contribution in [1.82, 2.24) is 4.98 Å². The van der Waals surface area contributed by atoms with Crippen LogP contribution in [-0.4, -0.2) is 4.98 Å². The van der Waals surface area contributed by atoms with Gasteiger partial charge in [-0.1, -0.05) is 26.0 Å². The van der Waals surface area contributed by atoms with Crippen molar-refractivity contribution < 1.29 is 4.74 Å². The number of nitrogens with two attached hydrogens (primary N) is 2. The van der Waals surface area contributed by atoms with Gasteiger partial charge in [0.1, 0.15) is 12.4 Å². The molecule has 1 aliphatic carbocycles. The molecular formula is C27H33N5O. The number of aromatic nitrogens is 1. The van der Waals surface area contributed by atoms with E-state index in [2.05, 4.69) is 36.3 Å². The molecule has 1 aromatic heterocycles. The van der Waals surface area contributed by atoms with E-state index >= 15 is 0 Å². The van der Waals surface area contributed by atoms with Gasteiger partial charge in [0, 0.05) is 29.5 Å². The van der Waals surface area contributed by atoms with Gasteiger partial charge in [-0.2, -0.15) is 0 Å². The molecule has 3 aromatic rings. The zero-order valence-electron chi connectivity index (χ0n) is 19.4. The van der Waals surface area contributed by atoms with Crippen molar-refractivity contribution >= 4 is 17.1 Å². The number of benzene rings is 2. The van der Waals surface area contributed by atoms with Crippen LogP contribution in [0.4, 0.5) is 17.1 Å². The maximum absolute atomic E-state index is 6.25. The highest BCUT2D eigenvalue weighted by molar-refractivity contribution is 5.69. The second-order valence-electron chi connectivity index (χ2n) is 9.02. The zero-order chi connectivity index (χ0) is 23.2. The first-order chi connectivity index (χ1) is 16.0. The number of rotatable bonds is 10. The third-order valence-electron chi connectivity index (χ3n) is 5.53. The average molecular weight is 444 g/mol. The van der Waals surface area contributed by atoms with Gasteiger partial charge in [-0.05, 0) is 85.2 Å². The van der Waals surface area contributed by atoms with Gasteiger partial charge in [-0.3, -0.25) is 9.99 Å². The first-order valence-corrected chi connectivity index (χ1v) is 11.5. The molecule has 1 aliphatic rings. The van der Waals surface area contributed by atoms with Crippen molar-refractivity contribution in [3.05, 3.63) is 90.0 Å². The molecule has 0 amide bonds. The molecule has 0 radical (unpaired) electrons. The Morgan fingerprint density at radius 2 is 2.00 bits per heavy atom. The zero-order valence-corrected chi connectivity index (χ0v) is 19.4. The van der Waals surface area contributed by atoms with Crippen LogP contribution in [0.1, 0.15) is 50.3 Å². The fraction of sp³-hybridized carbons (Fsp3) is 0.296. The lowest BCUT2D eigenvalue weighted by molar-refractivity contribution is 0.301. The summed E-state index contributed by atoms with van der Waals surface area (Å²) in [6.45, 7) is 4.73. The molecule has 0 atom stereocenters. The summed E-state index contributed by atoms with van der Waals surface area (Å²) in [5, 5.41) is 5.16. The number of nitrogens with zero attached hydrogens (tertiary/aromatic N) is 2. The Morgan fingerprint density at radius 1 is 1.15 bits per heavy atom. The summed E-state index contributed by atoms with van der Waals surface area (Å²) in [6, 6.07) is 20.1. The van der Waals surface area contributed by atoms with Gasteiger partial charge in [0.05, 0.1) is 11.4 Å². The highest BCUT2D eigenvalue weighted by Gasteiger charge is 2.26. The molecule has 0 unspecified atom stereocenters. The lowest BCUT2D eigenvalue weighted by Crippen LogP contribution is -2.26. The number of allylic oxidation sites excluding steroid dienone is 1. The molecule has 1 heterocycles. The van der Waals surface area contributed by atoms with Crippen LogP contribution in [0, 0.1) is 5.92 Å². The van der Waals surface area contributed by atoms with Crippen LogP contribution in [0.25, 0.3) is 0 Å². The van der Waals surface area contributed by atoms with E-state index in [-0.39, 0.29) is 0 Å². The topological polar surface area (TPSA) is 89.4 Å². The van der Waals surface area contributed by atoms with Crippen molar-refractivity contribution in [2.45, 2.75) is 45.6 Å². The number of anilines is 3. The van der Waals surface area contributed by atoms with E-state index in [4.69, 9.17) is 16.3 Å². The van der Waals surface area contributed by atoms with Crippen molar-refractivity contribution in [1.29, 1.82) is 0 Å². The third-order valence-corrected chi connectivity index (χ3v) is 5.53. The molecule has 0 bridgehead atoms. The number of hydrazine groups is 1. The Kier molecular flexibility index (Phi) is 7.15. The lowest BCUT2D eigenvalue weighted by Gasteiger charge is -2.18. The Labute approximate surface area is 196 Å². The summed E-state index contributed by atoms with van der Waals surface area (Å²) in [6.07, 6.45) is 6.80. The lowest BCUT2D eigenvalue weighted by atomic mass is 10.1. The first-order valence-electron chi connectivity index (χ1n) is 11.5. The number of nitrogens with one attached hydrogen (secondary N) is 1. The second-order valence-corrected chi connectivity index (χ2v) is 9.02. The van der Waals surface area contributed by atoms with Crippen molar-refractivity contribution in [3.8, 4) is 5.75 Å². The van der Waals surface area contributed by atoms with Crippen molar-refractivity contribution in [2.24, 2.45) is 17.5 Å². The predicted octanol–water partition coefficient (Wildman–Crippen LogP) is 5.81. The van der Waals surface area contributed by atoms with Crippen LogP contribution >= 0.6 is 0 Å². The Hall–Kier alpha value is -3.51. The standard InChI is InChI=1S/C27H33N5O/c1-19(2)14-21(28)17-32(29)24-8-5-7-22(15-24)31-27-12-11-25(16-26(27)20-9-10-20)33-18-23-6-3-4-13-30-23/h3-8,11-13,15-17,19-20,31H,9-10,14,18,28-29H2,1-2H3/b21-17-. The van der Waals surface area contributed by atoms with E-state index in [1.165, 1.54) is 18.4 Å². The molecule has 6 heteroatoms. The first kappa shape index (κ1) is 22.7. The summed E-state index contributed by atoms with van der Waals surface area (Å²) in [7, 11) is 0. The maximum atomic E-state index is 6.25. The average Bonchev–Trinajstić information content (AvgIpc) is 3.64. The molecule has 0 saturated heterocycles. The number of ether oxygens (including phenoxy) is 1. The normalized spacial score (nSPS) is 13.8. The SMILES string of the molecule is CC(C)C/C(N)=C/N(N)c1cccc(Nc2ccc(OCc3ccccn3)cc2C2CC2)c1. The third kappa shape index (κ3) is 6.49. The molecule has 33 heavy (non-hydrogen) atoms. The largest absolute Gasteiger partial charge is 0.487 e. The van der Waals surface area contributed by atoms with Gasteiger partial charge >= 0.3 is 0 Å². The van der Waals surface area contributed by atoms with Crippen LogP contribution in [-0.2, 0) is 6.61 Å². The van der Waals surface area contributed by atoms with Gasteiger partial charge in [0.25, 0.3) is 0 Å². The van der Waals surface area contributed by atoms with Crippen LogP contribution in [0.5, 0.6) is 5.75 Å². The van der Waals surface area contributed by atoms with Crippen LogP contribution in [0.15, 0.2) is 78.8 Å². The van der Waals surface area contributed by atoms with Crippen LogP contribution in [0.2, 0.25) is 0 Å². The monoisotopic (exact) mass is 443 g/mol. The minimum absolute atomic E-state index is 0.458. The summed E-state index contributed by atoms with van der Waals surface area (Å²) in [4.78, 5) is 4.33. The molecule has 4 rings (SSSR count). The summed E-state index contributed by atoms with van der Waals surface area (Å²) >= 11 is 0. The highest BCUT2D eigenvalue weighted by Crippen LogP contribution is 2.45. The van der Waals surface area contributed by atoms with E-state index in [1.54, 1.807) is 17.4 Å². The van der Waals surface area contributed by atoms with Gasteiger partial charge in [0.15, 0.2) is 0 Å². The fourth-order valence-corrected chi connectivity index (χ4v) is 3.79. The van der Waals surface area contributed by atoms with E-state index in [0.717, 1.165) is 40.6 Å². The molecule has 2 aromatic carbocycles. The van der Waals surface area contributed by atoms with Crippen molar-refractivity contribution in [2.75, 3.05) is 10.3 Å². The molecule has 6 nitrogen and oxygen atoms in total. The predicted molar refractivity (Wildman–Crippen MR) is 135 cm³/mol. The minimum atomic E-state index is 0.458. The molecular weight excluding hydrogens is 410 g/mol. The number of hydrogen-bond acceptors (Lipinski definition) is 6. The van der Waals surface area contributed by atoms with E-state index in [0.29, 0.717) is 18.4 Å². The second kappa shape index (κ2) is 10.4. The van der Waals surface area contributed by atoms with Gasteiger partial charge in [0.2, 0.25) is 0 Å². The molecule has 172 valence electrons. The van der Waals surface area contributed by atoms with Crippen LogP contribution in [0.3, 0.4) is 0 Å². The highest BCUT2D eigenvalue weighted by atomic mass is 16.5. The van der Waals surface area contributed by atoms with Gasteiger partial charge in [-0.25, -0.2) is 5.84 Å². The number of hydrogen-bond donors (Lipinski definition) is 3. The summed E-state index contributed by atoms with van der Waals surface area (Å²) < 4.78 is 6.00. The Morgan fingerprint density at radius 3 is 2.73 bits per heavy atom. The smallest absolute Gasteiger partial charge is 0.130 e. The molecule has 0 spiro atoms. The maximum Gasteiger partial charge on any atom is 0.130 e. The Bertz CT molecular complexity index is 1090. The van der Waals surface area contributed by atoms with Crippen LogP contribution < -0.4 is 26.6 Å². The Balaban J connectivity index is 1.48. The summed E-state index contributed by atoms with van der Waals surface area (Å²) in [5.74, 6) is 8.17. The molecule has 0 aliphatic heterocycles. The van der Waals surface area contributed by atoms with E-state index < -0.39 is 0 Å². The van der Waals surface area contributed by atoms with Gasteiger partial charge in [-0.15, -0.1) is 0 Å². The summed E-state index contributed by atoms with van der Waals surface area (Å²) in [5.41, 5.74) is 12.0. The fourth-order valence-electron chi connectivity index (χ4n) is 3.79. The molecule has 5 N–H and O–H groups in total. The van der Waals surface area contributed by atoms with E-state index in [9.17, 15) is 0 Å².